The van der Waals surface area contributed by atoms with Gasteiger partial charge in [0.15, 0.2) is 0 Å². The Kier molecular flexibility index (Phi) is 7.23. The third-order valence-electron chi connectivity index (χ3n) is 3.38. The maximum atomic E-state index is 11.8. The molecule has 0 bridgehead atoms. The number of rotatable bonds is 8. The van der Waals surface area contributed by atoms with E-state index in [1.165, 1.54) is 5.56 Å². The highest BCUT2D eigenvalue weighted by atomic mass is 16.5. The van der Waals surface area contributed by atoms with Gasteiger partial charge in [-0.2, -0.15) is 0 Å². The second kappa shape index (κ2) is 8.67. The number of aryl methyl sites for hydroxylation is 1. The van der Waals surface area contributed by atoms with Crippen molar-refractivity contribution >= 4 is 5.91 Å². The largest absolute Gasteiger partial charge is 0.497 e. The third-order valence-corrected chi connectivity index (χ3v) is 3.38. The molecule has 0 spiro atoms. The first-order chi connectivity index (χ1) is 9.92. The number of methoxy groups -OCH3 is 1. The first-order valence-corrected chi connectivity index (χ1v) is 7.61. The highest BCUT2D eigenvalue weighted by Gasteiger charge is 2.15. The van der Waals surface area contributed by atoms with Crippen molar-refractivity contribution in [2.24, 2.45) is 0 Å². The topological polar surface area (TPSA) is 50.4 Å². The van der Waals surface area contributed by atoms with E-state index in [0.717, 1.165) is 18.6 Å². The van der Waals surface area contributed by atoms with Gasteiger partial charge in [0, 0.05) is 12.1 Å². The van der Waals surface area contributed by atoms with Gasteiger partial charge in [-0.3, -0.25) is 4.79 Å². The first kappa shape index (κ1) is 17.5. The van der Waals surface area contributed by atoms with Gasteiger partial charge >= 0.3 is 0 Å². The Morgan fingerprint density at radius 1 is 1.14 bits per heavy atom. The maximum absolute atomic E-state index is 11.8. The summed E-state index contributed by atoms with van der Waals surface area (Å²) in [5.74, 6) is 0.935. The summed E-state index contributed by atoms with van der Waals surface area (Å²) in [6.07, 6.45) is 1.97. The number of nitrogens with one attached hydrogen (secondary N) is 2. The summed E-state index contributed by atoms with van der Waals surface area (Å²) < 4.78 is 5.15. The Morgan fingerprint density at radius 2 is 1.76 bits per heavy atom. The van der Waals surface area contributed by atoms with Crippen molar-refractivity contribution in [1.82, 2.24) is 10.6 Å². The van der Waals surface area contributed by atoms with Crippen molar-refractivity contribution in [2.45, 2.75) is 58.7 Å². The van der Waals surface area contributed by atoms with E-state index in [2.05, 4.69) is 29.7 Å². The predicted molar refractivity (Wildman–Crippen MR) is 86.7 cm³/mol. The van der Waals surface area contributed by atoms with Crippen LogP contribution in [-0.2, 0) is 11.2 Å². The molecular weight excluding hydrogens is 264 g/mol. The number of benzene rings is 1. The van der Waals surface area contributed by atoms with Crippen molar-refractivity contribution in [2.75, 3.05) is 7.11 Å². The highest BCUT2D eigenvalue weighted by molar-refractivity contribution is 5.81. The monoisotopic (exact) mass is 292 g/mol. The zero-order valence-electron chi connectivity index (χ0n) is 13.8. The third kappa shape index (κ3) is 6.63. The summed E-state index contributed by atoms with van der Waals surface area (Å²) in [4.78, 5) is 11.8. The lowest BCUT2D eigenvalue weighted by Crippen LogP contribution is -2.47. The van der Waals surface area contributed by atoms with Crippen LogP contribution in [0, 0.1) is 0 Å². The van der Waals surface area contributed by atoms with Crippen molar-refractivity contribution in [3.63, 3.8) is 0 Å². The molecule has 0 aliphatic rings. The second-order valence-corrected chi connectivity index (χ2v) is 5.84. The summed E-state index contributed by atoms with van der Waals surface area (Å²) in [6.45, 7) is 7.96. The number of carbonyl (C=O) groups is 1. The van der Waals surface area contributed by atoms with Crippen LogP contribution in [0.4, 0.5) is 0 Å². The lowest BCUT2D eigenvalue weighted by atomic mass is 10.1. The van der Waals surface area contributed by atoms with Crippen LogP contribution >= 0.6 is 0 Å². The van der Waals surface area contributed by atoms with Gasteiger partial charge < -0.3 is 15.4 Å². The van der Waals surface area contributed by atoms with Crippen molar-refractivity contribution in [3.8, 4) is 5.75 Å². The molecule has 1 aromatic carbocycles. The summed E-state index contributed by atoms with van der Waals surface area (Å²) >= 11 is 0. The quantitative estimate of drug-likeness (QED) is 0.774. The molecule has 0 fully saturated rings. The van der Waals surface area contributed by atoms with Gasteiger partial charge in [0.05, 0.1) is 13.2 Å². The summed E-state index contributed by atoms with van der Waals surface area (Å²) in [5.41, 5.74) is 1.28. The number of ether oxygens (including phenoxy) is 1. The van der Waals surface area contributed by atoms with Gasteiger partial charge in [0.25, 0.3) is 0 Å². The SMILES string of the molecule is COc1ccc(CCC(C)NC(C)C(=O)NC(C)C)cc1. The normalized spacial score (nSPS) is 13.8. The Morgan fingerprint density at radius 3 is 2.29 bits per heavy atom. The minimum Gasteiger partial charge on any atom is -0.497 e. The molecule has 0 aliphatic heterocycles. The van der Waals surface area contributed by atoms with E-state index in [9.17, 15) is 4.79 Å². The number of amides is 1. The first-order valence-electron chi connectivity index (χ1n) is 7.61. The number of hydrogen-bond acceptors (Lipinski definition) is 3. The van der Waals surface area contributed by atoms with Crippen LogP contribution in [0.25, 0.3) is 0 Å². The highest BCUT2D eigenvalue weighted by Crippen LogP contribution is 2.13. The minimum atomic E-state index is -0.168. The number of carbonyl (C=O) groups excluding carboxylic acids is 1. The van der Waals surface area contributed by atoms with Crippen LogP contribution in [0.3, 0.4) is 0 Å². The molecule has 4 nitrogen and oxygen atoms in total. The Bertz CT molecular complexity index is 429. The van der Waals surface area contributed by atoms with Crippen molar-refractivity contribution in [3.05, 3.63) is 29.8 Å². The zero-order valence-corrected chi connectivity index (χ0v) is 13.8. The Hall–Kier alpha value is -1.55. The molecule has 0 radical (unpaired) electrons. The van der Waals surface area contributed by atoms with E-state index >= 15 is 0 Å². The molecule has 1 amide bonds. The van der Waals surface area contributed by atoms with E-state index in [1.807, 2.05) is 32.9 Å². The Balaban J connectivity index is 2.35. The Labute approximate surface area is 128 Å². The van der Waals surface area contributed by atoms with Crippen LogP contribution in [-0.4, -0.2) is 31.1 Å². The minimum absolute atomic E-state index is 0.0568. The molecule has 2 N–H and O–H groups in total. The average Bonchev–Trinajstić information content (AvgIpc) is 2.44. The molecule has 2 atom stereocenters. The fourth-order valence-corrected chi connectivity index (χ4v) is 2.17. The lowest BCUT2D eigenvalue weighted by molar-refractivity contribution is -0.123. The fraction of sp³-hybridized carbons (Fsp3) is 0.588. The van der Waals surface area contributed by atoms with Crippen molar-refractivity contribution < 1.29 is 9.53 Å². The summed E-state index contributed by atoms with van der Waals surface area (Å²) in [6, 6.07) is 8.42. The van der Waals surface area contributed by atoms with Crippen LogP contribution in [0.5, 0.6) is 5.75 Å². The van der Waals surface area contributed by atoms with E-state index in [0.29, 0.717) is 6.04 Å². The molecule has 0 heterocycles. The smallest absolute Gasteiger partial charge is 0.237 e. The molecular formula is C17H28N2O2. The molecule has 0 aliphatic carbocycles. The van der Waals surface area contributed by atoms with Gasteiger partial charge in [0.2, 0.25) is 5.91 Å². The summed E-state index contributed by atoms with van der Waals surface area (Å²) in [7, 11) is 1.67. The van der Waals surface area contributed by atoms with E-state index in [4.69, 9.17) is 4.74 Å². The molecule has 2 unspecified atom stereocenters. The summed E-state index contributed by atoms with van der Waals surface area (Å²) in [5, 5.41) is 6.26. The predicted octanol–water partition coefficient (Wildman–Crippen LogP) is 2.52. The number of hydrogen-bond donors (Lipinski definition) is 2. The fourth-order valence-electron chi connectivity index (χ4n) is 2.17. The molecule has 0 aromatic heterocycles. The molecule has 1 aromatic rings. The van der Waals surface area contributed by atoms with E-state index < -0.39 is 0 Å². The standard InChI is InChI=1S/C17H28N2O2/c1-12(2)18-17(20)14(4)19-13(3)6-7-15-8-10-16(21-5)11-9-15/h8-14,19H,6-7H2,1-5H3,(H,18,20). The molecule has 0 saturated heterocycles. The zero-order chi connectivity index (χ0) is 15.8. The average molecular weight is 292 g/mol. The van der Waals surface area contributed by atoms with Gasteiger partial charge in [-0.05, 0) is 58.2 Å². The van der Waals surface area contributed by atoms with E-state index in [-0.39, 0.29) is 18.0 Å². The molecule has 118 valence electrons. The molecule has 4 heteroatoms. The molecule has 0 saturated carbocycles. The van der Waals surface area contributed by atoms with Gasteiger partial charge in [-0.25, -0.2) is 0 Å². The maximum Gasteiger partial charge on any atom is 0.237 e. The van der Waals surface area contributed by atoms with E-state index in [1.54, 1.807) is 7.11 Å². The van der Waals surface area contributed by atoms with Crippen LogP contribution in [0.2, 0.25) is 0 Å². The van der Waals surface area contributed by atoms with Gasteiger partial charge in [0.1, 0.15) is 5.75 Å². The van der Waals surface area contributed by atoms with Crippen LogP contribution in [0.1, 0.15) is 39.7 Å². The van der Waals surface area contributed by atoms with Gasteiger partial charge in [-0.15, -0.1) is 0 Å². The van der Waals surface area contributed by atoms with Crippen molar-refractivity contribution in [1.29, 1.82) is 0 Å². The van der Waals surface area contributed by atoms with Crippen LogP contribution in [0.15, 0.2) is 24.3 Å². The lowest BCUT2D eigenvalue weighted by Gasteiger charge is -2.20. The molecule has 21 heavy (non-hydrogen) atoms. The van der Waals surface area contributed by atoms with Gasteiger partial charge in [-0.1, -0.05) is 12.1 Å². The molecule has 1 rings (SSSR count). The second-order valence-electron chi connectivity index (χ2n) is 5.84. The van der Waals surface area contributed by atoms with Crippen LogP contribution < -0.4 is 15.4 Å².